The van der Waals surface area contributed by atoms with Gasteiger partial charge in [-0.05, 0) is 6.08 Å². The van der Waals surface area contributed by atoms with Crippen molar-refractivity contribution in [3.8, 4) is 0 Å². The highest BCUT2D eigenvalue weighted by Crippen LogP contribution is 2.18. The molecule has 2 aromatic rings. The van der Waals surface area contributed by atoms with Crippen molar-refractivity contribution < 1.29 is 9.53 Å². The first-order valence-electron chi connectivity index (χ1n) is 6.04. The Balaban J connectivity index is 2.15. The van der Waals surface area contributed by atoms with Crippen LogP contribution in [0.1, 0.15) is 16.3 Å². The molecule has 2 aromatic heterocycles. The van der Waals surface area contributed by atoms with Crippen molar-refractivity contribution in [1.29, 1.82) is 0 Å². The van der Waals surface area contributed by atoms with E-state index in [9.17, 15) is 4.79 Å². The molecule has 0 radical (unpaired) electrons. The predicted octanol–water partition coefficient (Wildman–Crippen LogP) is -0.249. The van der Waals surface area contributed by atoms with Crippen molar-refractivity contribution in [3.05, 3.63) is 40.0 Å². The number of imidazole rings is 1. The van der Waals surface area contributed by atoms with Gasteiger partial charge in [0.1, 0.15) is 12.4 Å². The van der Waals surface area contributed by atoms with Gasteiger partial charge < -0.3 is 21.2 Å². The number of carbonyl (C=O) groups is 1. The zero-order chi connectivity index (χ0) is 16.3. The minimum absolute atomic E-state index is 0.0620. The van der Waals surface area contributed by atoms with Crippen molar-refractivity contribution in [2.75, 3.05) is 11.5 Å². The Hall–Kier alpha value is -2.87. The summed E-state index contributed by atoms with van der Waals surface area (Å²) in [4.78, 5) is 26.5. The summed E-state index contributed by atoms with van der Waals surface area (Å²) in [6.45, 7) is 7.22. The molecule has 0 atom stereocenters. The van der Waals surface area contributed by atoms with Crippen LogP contribution in [0.5, 0.6) is 0 Å². The Morgan fingerprint density at radius 2 is 2.05 bits per heavy atom. The maximum absolute atomic E-state index is 11.9. The molecule has 114 valence electrons. The minimum Gasteiger partial charge on any atom is -0.453 e. The van der Waals surface area contributed by atoms with Gasteiger partial charge in [0.05, 0.1) is 10.7 Å². The topological polar surface area (TPSA) is 133 Å². The first-order valence-corrected chi connectivity index (χ1v) is 6.42. The Bertz CT molecular complexity index is 845. The third-order valence-corrected chi connectivity index (χ3v) is 2.85. The summed E-state index contributed by atoms with van der Waals surface area (Å²) in [6, 6.07) is 0. The third kappa shape index (κ3) is 3.23. The predicted molar refractivity (Wildman–Crippen MR) is 83.0 cm³/mol. The average molecular weight is 321 g/mol. The number of anilines is 2. The van der Waals surface area contributed by atoms with Crippen molar-refractivity contribution in [2.24, 2.45) is 0 Å². The molecule has 0 unspecified atom stereocenters. The molecule has 9 heteroatoms. The number of ether oxygens (including phenoxy) is 1. The summed E-state index contributed by atoms with van der Waals surface area (Å²) >= 11 is 5.70. The Morgan fingerprint density at radius 3 is 2.73 bits per heavy atom. The Labute approximate surface area is 130 Å². The lowest BCUT2D eigenvalue weighted by molar-refractivity contribution is 0.0457. The number of hydrogen-bond donors (Lipinski definition) is 3. The number of nitrogens with zero attached hydrogens (tertiary/aromatic N) is 3. The van der Waals surface area contributed by atoms with Gasteiger partial charge in [-0.2, -0.15) is 0 Å². The highest BCUT2D eigenvalue weighted by Gasteiger charge is 2.17. The van der Waals surface area contributed by atoms with Gasteiger partial charge in [-0.25, -0.2) is 19.7 Å². The number of nitrogens with one attached hydrogen (secondary N) is 1. The molecular formula is C13H13ClN6O2. The van der Waals surface area contributed by atoms with E-state index in [1.165, 1.54) is 0 Å². The summed E-state index contributed by atoms with van der Waals surface area (Å²) in [6.07, 6.45) is 3.25. The maximum atomic E-state index is 11.9. The van der Waals surface area contributed by atoms with Gasteiger partial charge in [0, 0.05) is 0 Å². The lowest BCUT2D eigenvalue weighted by Gasteiger charge is -2.06. The molecule has 0 fully saturated rings. The summed E-state index contributed by atoms with van der Waals surface area (Å²) in [5.41, 5.74) is 10.8. The summed E-state index contributed by atoms with van der Waals surface area (Å²) in [5.74, 6) is -0.597. The van der Waals surface area contributed by atoms with Crippen molar-refractivity contribution in [3.63, 3.8) is 0 Å². The fourth-order valence-corrected chi connectivity index (χ4v) is 1.72. The van der Waals surface area contributed by atoms with Crippen LogP contribution in [0.3, 0.4) is 0 Å². The molecule has 0 aromatic carbocycles. The van der Waals surface area contributed by atoms with Gasteiger partial charge in [-0.1, -0.05) is 30.8 Å². The van der Waals surface area contributed by atoms with Crippen LogP contribution in [-0.2, 0) is 11.3 Å². The second-order valence-corrected chi connectivity index (χ2v) is 4.52. The van der Waals surface area contributed by atoms with Gasteiger partial charge >= 0.3 is 5.97 Å². The number of hydrogen-bond acceptors (Lipinski definition) is 7. The maximum Gasteiger partial charge on any atom is 0.361 e. The van der Waals surface area contributed by atoms with E-state index in [4.69, 9.17) is 27.8 Å². The second kappa shape index (κ2) is 6.27. The van der Waals surface area contributed by atoms with E-state index >= 15 is 0 Å². The molecule has 0 amide bonds. The molecule has 0 aliphatic carbocycles. The van der Waals surface area contributed by atoms with E-state index in [-0.39, 0.29) is 29.1 Å². The number of carbonyl (C=O) groups excluding carboxylic acids is 1. The van der Waals surface area contributed by atoms with E-state index < -0.39 is 5.97 Å². The number of aromatic nitrogens is 4. The van der Waals surface area contributed by atoms with Crippen molar-refractivity contribution >= 4 is 41.9 Å². The van der Waals surface area contributed by atoms with Crippen LogP contribution in [0.4, 0.5) is 11.6 Å². The summed E-state index contributed by atoms with van der Waals surface area (Å²) in [7, 11) is 0. The average Bonchev–Trinajstić information content (AvgIpc) is 2.81. The molecule has 5 N–H and O–H groups in total. The molecule has 2 heterocycles. The highest BCUT2D eigenvalue weighted by molar-refractivity contribution is 6.31. The molecule has 8 nitrogen and oxygen atoms in total. The van der Waals surface area contributed by atoms with E-state index in [0.29, 0.717) is 16.5 Å². The lowest BCUT2D eigenvalue weighted by Crippen LogP contribution is -2.21. The molecule has 0 aliphatic rings. The van der Waals surface area contributed by atoms with Gasteiger partial charge in [-0.3, -0.25) is 0 Å². The van der Waals surface area contributed by atoms with Crippen LogP contribution >= 0.6 is 11.6 Å². The number of rotatable bonds is 4. The second-order valence-electron chi connectivity index (χ2n) is 4.16. The van der Waals surface area contributed by atoms with Crippen LogP contribution in [-0.4, -0.2) is 25.9 Å². The number of esters is 1. The van der Waals surface area contributed by atoms with E-state index in [1.54, 1.807) is 12.2 Å². The van der Waals surface area contributed by atoms with Crippen LogP contribution < -0.4 is 22.2 Å². The monoisotopic (exact) mass is 320 g/mol. The van der Waals surface area contributed by atoms with Crippen LogP contribution in [0.2, 0.25) is 5.15 Å². The number of H-pyrrole nitrogens is 1. The molecule has 0 aliphatic heterocycles. The standard InChI is InChI=1S/C13H13ClN6O2/c1-3-4-7-6(2)17-8(18-7)5-22-13(21)9-11(15)20-12(16)10(14)19-9/h3-4H,1-2,5H2,(H,17,18)(H4,15,16,20)/b7-4+. The number of nitrogen functional groups attached to an aromatic ring is 2. The van der Waals surface area contributed by atoms with Crippen LogP contribution in [0.15, 0.2) is 12.7 Å². The summed E-state index contributed by atoms with van der Waals surface area (Å²) < 4.78 is 5.05. The molecular weight excluding hydrogens is 308 g/mol. The molecule has 2 rings (SSSR count). The molecule has 0 saturated carbocycles. The number of aromatic amines is 1. The number of allylic oxidation sites excluding steroid dienone is 1. The minimum atomic E-state index is -0.789. The Kier molecular flexibility index (Phi) is 4.42. The van der Waals surface area contributed by atoms with E-state index in [0.717, 1.165) is 0 Å². The first kappa shape index (κ1) is 15.5. The zero-order valence-electron chi connectivity index (χ0n) is 11.5. The normalized spacial score (nSPS) is 11.4. The molecule has 0 spiro atoms. The van der Waals surface area contributed by atoms with E-state index in [1.807, 2.05) is 0 Å². The number of nitrogens with two attached hydrogens (primary N) is 2. The smallest absolute Gasteiger partial charge is 0.361 e. The van der Waals surface area contributed by atoms with Crippen LogP contribution in [0, 0.1) is 0 Å². The first-order chi connectivity index (χ1) is 10.4. The fraction of sp³-hybridized carbons (Fsp3) is 0.0769. The largest absolute Gasteiger partial charge is 0.453 e. The zero-order valence-corrected chi connectivity index (χ0v) is 12.2. The van der Waals surface area contributed by atoms with Crippen molar-refractivity contribution in [1.82, 2.24) is 19.9 Å². The SMILES string of the molecule is C=C/C=c1/nc(COC(=O)c2nc(Cl)c(N)nc2N)[nH]c1=C. The third-order valence-electron chi connectivity index (χ3n) is 2.57. The van der Waals surface area contributed by atoms with Gasteiger partial charge in [0.15, 0.2) is 22.5 Å². The quantitative estimate of drug-likeness (QED) is 0.661. The fourth-order valence-electron chi connectivity index (χ4n) is 1.59. The number of halogens is 1. The molecule has 22 heavy (non-hydrogen) atoms. The van der Waals surface area contributed by atoms with Crippen molar-refractivity contribution in [2.45, 2.75) is 6.61 Å². The van der Waals surface area contributed by atoms with Gasteiger partial charge in [0.2, 0.25) is 0 Å². The molecule has 0 bridgehead atoms. The lowest BCUT2D eigenvalue weighted by atomic mass is 10.4. The van der Waals surface area contributed by atoms with Gasteiger partial charge in [-0.15, -0.1) is 0 Å². The van der Waals surface area contributed by atoms with Crippen LogP contribution in [0.25, 0.3) is 12.7 Å². The van der Waals surface area contributed by atoms with E-state index in [2.05, 4.69) is 33.1 Å². The molecule has 0 saturated heterocycles. The summed E-state index contributed by atoms with van der Waals surface area (Å²) in [5, 5.41) is 1.07. The Morgan fingerprint density at radius 1 is 1.32 bits per heavy atom. The highest BCUT2D eigenvalue weighted by atomic mass is 35.5. The van der Waals surface area contributed by atoms with Gasteiger partial charge in [0.25, 0.3) is 0 Å².